The van der Waals surface area contributed by atoms with E-state index in [0.717, 1.165) is 38.2 Å². The van der Waals surface area contributed by atoms with Crippen LogP contribution in [0.1, 0.15) is 25.8 Å². The minimum absolute atomic E-state index is 0. The molecule has 0 radical (unpaired) electrons. The number of carbonyl (C=O) groups excluding carboxylic acids is 1. The van der Waals surface area contributed by atoms with Gasteiger partial charge in [-0.2, -0.15) is 5.10 Å². The predicted molar refractivity (Wildman–Crippen MR) is 121 cm³/mol. The van der Waals surface area contributed by atoms with E-state index in [2.05, 4.69) is 33.0 Å². The maximum Gasteiger partial charge on any atom is 0.246 e. The van der Waals surface area contributed by atoms with Crippen LogP contribution in [-0.4, -0.2) is 41.3 Å². The van der Waals surface area contributed by atoms with E-state index in [1.807, 2.05) is 48.1 Å². The lowest BCUT2D eigenvalue weighted by atomic mass is 10.1. The third-order valence-electron chi connectivity index (χ3n) is 3.76. The Hall–Kier alpha value is -2.10. The van der Waals surface area contributed by atoms with Crippen molar-refractivity contribution >= 4 is 41.5 Å². The van der Waals surface area contributed by atoms with E-state index in [4.69, 9.17) is 0 Å². The van der Waals surface area contributed by atoms with Crippen molar-refractivity contribution in [3.63, 3.8) is 0 Å². The monoisotopic (exact) mass is 484 g/mol. The second kappa shape index (κ2) is 13.1. The third kappa shape index (κ3) is 8.89. The van der Waals surface area contributed by atoms with Gasteiger partial charge in [-0.3, -0.25) is 9.48 Å². The largest absolute Gasteiger partial charge is 0.357 e. The molecule has 0 bridgehead atoms. The number of aryl methyl sites for hydroxylation is 2. The summed E-state index contributed by atoms with van der Waals surface area (Å²) in [5.41, 5.74) is 2.00. The van der Waals surface area contributed by atoms with Crippen molar-refractivity contribution in [2.45, 2.75) is 33.2 Å². The number of rotatable bonds is 9. The predicted octanol–water partition coefficient (Wildman–Crippen LogP) is 2.65. The zero-order valence-corrected chi connectivity index (χ0v) is 18.3. The lowest BCUT2D eigenvalue weighted by Crippen LogP contribution is -2.38. The number of anilines is 1. The number of amides is 1. The van der Waals surface area contributed by atoms with Crippen LogP contribution < -0.4 is 16.0 Å². The maximum absolute atomic E-state index is 12.1. The van der Waals surface area contributed by atoms with E-state index in [1.165, 1.54) is 5.56 Å². The third-order valence-corrected chi connectivity index (χ3v) is 3.76. The van der Waals surface area contributed by atoms with Gasteiger partial charge in [0.1, 0.15) is 6.54 Å². The highest BCUT2D eigenvalue weighted by Crippen LogP contribution is 2.10. The highest BCUT2D eigenvalue weighted by atomic mass is 127. The SMILES string of the molecule is CCNC(=NCC(=O)Nc1cccc(CC)c1)NCCCn1cccn1.I. The van der Waals surface area contributed by atoms with Crippen molar-refractivity contribution in [3.8, 4) is 0 Å². The molecule has 0 saturated heterocycles. The standard InChI is InChI=1S/C19H28N6O.HI/c1-3-16-8-5-9-17(14-16)24-18(26)15-22-19(20-4-2)21-10-6-12-25-13-7-11-23-25;/h5,7-9,11,13-14H,3-4,6,10,12,15H2,1-2H3,(H,24,26)(H2,20,21,22);1H. The molecular weight excluding hydrogens is 455 g/mol. The van der Waals surface area contributed by atoms with Crippen LogP contribution in [0.3, 0.4) is 0 Å². The molecule has 0 aliphatic rings. The van der Waals surface area contributed by atoms with Crippen LogP contribution in [0.2, 0.25) is 0 Å². The molecule has 8 heteroatoms. The van der Waals surface area contributed by atoms with E-state index in [-0.39, 0.29) is 36.4 Å². The van der Waals surface area contributed by atoms with Crippen molar-refractivity contribution in [1.82, 2.24) is 20.4 Å². The smallest absolute Gasteiger partial charge is 0.246 e. The Morgan fingerprint density at radius 1 is 1.22 bits per heavy atom. The Morgan fingerprint density at radius 3 is 2.78 bits per heavy atom. The molecule has 2 aromatic rings. The molecule has 0 fully saturated rings. The summed E-state index contributed by atoms with van der Waals surface area (Å²) in [4.78, 5) is 16.5. The normalized spacial score (nSPS) is 10.8. The van der Waals surface area contributed by atoms with Gasteiger partial charge >= 0.3 is 0 Å². The number of benzene rings is 1. The first-order chi connectivity index (χ1) is 12.7. The Bertz CT molecular complexity index is 702. The number of hydrogen-bond donors (Lipinski definition) is 3. The van der Waals surface area contributed by atoms with Crippen molar-refractivity contribution < 1.29 is 4.79 Å². The molecule has 0 spiro atoms. The Balaban J connectivity index is 0.00000364. The van der Waals surface area contributed by atoms with Crippen LogP contribution in [0.4, 0.5) is 5.69 Å². The fourth-order valence-corrected chi connectivity index (χ4v) is 2.44. The molecular formula is C19H29IN6O. The highest BCUT2D eigenvalue weighted by Gasteiger charge is 2.04. The lowest BCUT2D eigenvalue weighted by Gasteiger charge is -2.11. The van der Waals surface area contributed by atoms with Crippen LogP contribution >= 0.6 is 24.0 Å². The molecule has 148 valence electrons. The minimum Gasteiger partial charge on any atom is -0.357 e. The topological polar surface area (TPSA) is 83.3 Å². The number of aliphatic imine (C=N–C) groups is 1. The molecule has 1 amide bonds. The lowest BCUT2D eigenvalue weighted by molar-refractivity contribution is -0.114. The summed E-state index contributed by atoms with van der Waals surface area (Å²) in [5.74, 6) is 0.512. The van der Waals surface area contributed by atoms with Gasteiger partial charge < -0.3 is 16.0 Å². The molecule has 27 heavy (non-hydrogen) atoms. The van der Waals surface area contributed by atoms with Crippen LogP contribution in [0.25, 0.3) is 0 Å². The van der Waals surface area contributed by atoms with Gasteiger partial charge in [0.25, 0.3) is 0 Å². The summed E-state index contributed by atoms with van der Waals surface area (Å²) in [6.45, 7) is 6.50. The van der Waals surface area contributed by atoms with Crippen LogP contribution in [0.15, 0.2) is 47.7 Å². The highest BCUT2D eigenvalue weighted by molar-refractivity contribution is 14.0. The summed E-state index contributed by atoms with van der Waals surface area (Å²) in [6, 6.07) is 9.78. The fraction of sp³-hybridized carbons (Fsp3) is 0.421. The molecule has 2 rings (SSSR count). The summed E-state index contributed by atoms with van der Waals surface area (Å²) < 4.78 is 1.89. The molecule has 7 nitrogen and oxygen atoms in total. The van der Waals surface area contributed by atoms with Crippen molar-refractivity contribution in [2.75, 3.05) is 25.0 Å². The van der Waals surface area contributed by atoms with Gasteiger partial charge in [0, 0.05) is 37.7 Å². The summed E-state index contributed by atoms with van der Waals surface area (Å²) >= 11 is 0. The minimum atomic E-state index is -0.132. The second-order valence-corrected chi connectivity index (χ2v) is 5.85. The quantitative estimate of drug-likeness (QED) is 0.221. The first kappa shape index (κ1) is 22.9. The average molecular weight is 484 g/mol. The van der Waals surface area contributed by atoms with E-state index in [9.17, 15) is 4.79 Å². The molecule has 3 N–H and O–H groups in total. The number of carbonyl (C=O) groups is 1. The first-order valence-electron chi connectivity index (χ1n) is 9.09. The molecule has 0 atom stereocenters. The van der Waals surface area contributed by atoms with Gasteiger partial charge in [-0.15, -0.1) is 24.0 Å². The summed E-state index contributed by atoms with van der Waals surface area (Å²) in [5, 5.41) is 13.4. The summed E-state index contributed by atoms with van der Waals surface area (Å²) in [7, 11) is 0. The van der Waals surface area contributed by atoms with Gasteiger partial charge in [0.15, 0.2) is 5.96 Å². The number of aromatic nitrogens is 2. The first-order valence-corrected chi connectivity index (χ1v) is 9.09. The zero-order chi connectivity index (χ0) is 18.6. The number of hydrogen-bond acceptors (Lipinski definition) is 3. The summed E-state index contributed by atoms with van der Waals surface area (Å²) in [6.07, 6.45) is 5.57. The van der Waals surface area contributed by atoms with Gasteiger partial charge in [0.05, 0.1) is 0 Å². The van der Waals surface area contributed by atoms with Gasteiger partial charge in [0.2, 0.25) is 5.91 Å². The van der Waals surface area contributed by atoms with Gasteiger partial charge in [-0.1, -0.05) is 19.1 Å². The van der Waals surface area contributed by atoms with E-state index >= 15 is 0 Å². The molecule has 0 aliphatic carbocycles. The van der Waals surface area contributed by atoms with E-state index < -0.39 is 0 Å². The Kier molecular flexibility index (Phi) is 11.2. The van der Waals surface area contributed by atoms with Crippen LogP contribution in [0.5, 0.6) is 0 Å². The van der Waals surface area contributed by atoms with Crippen molar-refractivity contribution in [1.29, 1.82) is 0 Å². The maximum atomic E-state index is 12.1. The number of guanidine groups is 1. The average Bonchev–Trinajstić information content (AvgIpc) is 3.16. The van der Waals surface area contributed by atoms with Gasteiger partial charge in [-0.05, 0) is 43.5 Å². The zero-order valence-electron chi connectivity index (χ0n) is 15.9. The molecule has 1 aromatic heterocycles. The van der Waals surface area contributed by atoms with Crippen LogP contribution in [-0.2, 0) is 17.8 Å². The van der Waals surface area contributed by atoms with Crippen LogP contribution in [0, 0.1) is 0 Å². The number of halogens is 1. The van der Waals surface area contributed by atoms with E-state index in [0.29, 0.717) is 5.96 Å². The molecule has 0 unspecified atom stereocenters. The number of nitrogens with zero attached hydrogens (tertiary/aromatic N) is 3. The second-order valence-electron chi connectivity index (χ2n) is 5.85. The molecule has 0 aliphatic heterocycles. The van der Waals surface area contributed by atoms with Crippen molar-refractivity contribution in [3.05, 3.63) is 48.3 Å². The molecule has 1 aromatic carbocycles. The molecule has 0 saturated carbocycles. The fourth-order valence-electron chi connectivity index (χ4n) is 2.44. The van der Waals surface area contributed by atoms with E-state index in [1.54, 1.807) is 6.20 Å². The Labute approximate surface area is 178 Å². The van der Waals surface area contributed by atoms with Crippen molar-refractivity contribution in [2.24, 2.45) is 4.99 Å². The van der Waals surface area contributed by atoms with Gasteiger partial charge in [-0.25, -0.2) is 4.99 Å². The molecule has 1 heterocycles. The number of nitrogens with one attached hydrogen (secondary N) is 3. The Morgan fingerprint density at radius 2 is 2.07 bits per heavy atom.